The van der Waals surface area contributed by atoms with E-state index in [0.29, 0.717) is 13.0 Å². The Morgan fingerprint density at radius 1 is 1.10 bits per heavy atom. The van der Waals surface area contributed by atoms with E-state index in [2.05, 4.69) is 5.32 Å². The lowest BCUT2D eigenvalue weighted by molar-refractivity contribution is -0.132. The fourth-order valence-corrected chi connectivity index (χ4v) is 5.36. The van der Waals surface area contributed by atoms with Crippen LogP contribution in [-0.4, -0.2) is 28.3 Å². The van der Waals surface area contributed by atoms with Gasteiger partial charge in [-0.15, -0.1) is 11.3 Å². The predicted octanol–water partition coefficient (Wildman–Crippen LogP) is 4.93. The molecule has 0 radical (unpaired) electrons. The van der Waals surface area contributed by atoms with Crippen molar-refractivity contribution in [3.8, 4) is 0 Å². The summed E-state index contributed by atoms with van der Waals surface area (Å²) in [6.45, 7) is 2.41. The lowest BCUT2D eigenvalue weighted by Gasteiger charge is -2.44. The zero-order chi connectivity index (χ0) is 20.3. The molecule has 5 heteroatoms. The van der Waals surface area contributed by atoms with Crippen LogP contribution in [0.2, 0.25) is 0 Å². The maximum Gasteiger partial charge on any atom is 0.255 e. The summed E-state index contributed by atoms with van der Waals surface area (Å²) in [5.41, 5.74) is 0.813. The second kappa shape index (κ2) is 8.70. The third-order valence-corrected chi connectivity index (χ3v) is 7.31. The highest BCUT2D eigenvalue weighted by atomic mass is 32.1. The lowest BCUT2D eigenvalue weighted by Crippen LogP contribution is -2.63. The van der Waals surface area contributed by atoms with Crippen LogP contribution in [0, 0.1) is 0 Å². The van der Waals surface area contributed by atoms with Crippen molar-refractivity contribution >= 4 is 23.2 Å². The van der Waals surface area contributed by atoms with Gasteiger partial charge in [0, 0.05) is 22.9 Å². The van der Waals surface area contributed by atoms with E-state index in [1.165, 1.54) is 32.1 Å². The Morgan fingerprint density at radius 3 is 2.55 bits per heavy atom. The summed E-state index contributed by atoms with van der Waals surface area (Å²) in [6, 6.07) is 12.0. The fourth-order valence-electron chi connectivity index (χ4n) is 4.67. The highest BCUT2D eigenvalue weighted by molar-refractivity contribution is 7.09. The standard InChI is InChI=1S/C24H30N2O2S/c1-24(23(28)25-19-11-5-3-2-4-6-12-19)16-18-10-7-8-14-21(18)22(27)26(24)17-20-13-9-15-29-20/h7-10,13-15,19H,2-6,11-12,16-17H2,1H3,(H,25,28)/t24-/m1/s1. The van der Waals surface area contributed by atoms with Crippen molar-refractivity contribution in [2.75, 3.05) is 0 Å². The molecule has 1 N–H and O–H groups in total. The number of carbonyl (C=O) groups is 2. The van der Waals surface area contributed by atoms with Gasteiger partial charge in [-0.3, -0.25) is 9.59 Å². The van der Waals surface area contributed by atoms with E-state index in [9.17, 15) is 9.59 Å². The molecule has 0 unspecified atom stereocenters. The summed E-state index contributed by atoms with van der Waals surface area (Å²) in [4.78, 5) is 29.9. The molecular weight excluding hydrogens is 380 g/mol. The minimum atomic E-state index is -0.877. The van der Waals surface area contributed by atoms with Crippen LogP contribution in [-0.2, 0) is 17.8 Å². The van der Waals surface area contributed by atoms with Crippen LogP contribution < -0.4 is 5.32 Å². The first kappa shape index (κ1) is 20.1. The highest BCUT2D eigenvalue weighted by Gasteiger charge is 2.47. The van der Waals surface area contributed by atoms with Gasteiger partial charge in [-0.1, -0.05) is 56.4 Å². The lowest BCUT2D eigenvalue weighted by atomic mass is 9.82. The van der Waals surface area contributed by atoms with Crippen LogP contribution in [0.25, 0.3) is 0 Å². The highest BCUT2D eigenvalue weighted by Crippen LogP contribution is 2.33. The first-order valence-corrected chi connectivity index (χ1v) is 11.7. The van der Waals surface area contributed by atoms with Gasteiger partial charge in [0.25, 0.3) is 5.91 Å². The Kier molecular flexibility index (Phi) is 6.04. The molecule has 2 aliphatic rings. The van der Waals surface area contributed by atoms with Crippen molar-refractivity contribution in [3.63, 3.8) is 0 Å². The van der Waals surface area contributed by atoms with E-state index in [1.807, 2.05) is 48.7 Å². The molecule has 0 spiro atoms. The molecule has 1 aliphatic heterocycles. The van der Waals surface area contributed by atoms with Crippen molar-refractivity contribution in [3.05, 3.63) is 57.8 Å². The minimum absolute atomic E-state index is 0.0116. The van der Waals surface area contributed by atoms with E-state index < -0.39 is 5.54 Å². The van der Waals surface area contributed by atoms with Crippen molar-refractivity contribution in [1.29, 1.82) is 0 Å². The van der Waals surface area contributed by atoms with Crippen molar-refractivity contribution in [2.45, 2.75) is 76.4 Å². The van der Waals surface area contributed by atoms with Crippen LogP contribution in [0.1, 0.15) is 72.7 Å². The summed E-state index contributed by atoms with van der Waals surface area (Å²) < 4.78 is 0. The SMILES string of the molecule is C[C@]1(C(=O)NC2CCCCCCC2)Cc2ccccc2C(=O)N1Cc1cccs1. The third kappa shape index (κ3) is 4.25. The van der Waals surface area contributed by atoms with Gasteiger partial charge in [-0.2, -0.15) is 0 Å². The summed E-state index contributed by atoms with van der Waals surface area (Å²) in [7, 11) is 0. The predicted molar refractivity (Wildman–Crippen MR) is 117 cm³/mol. The number of benzene rings is 1. The molecular formula is C24H30N2O2S. The summed E-state index contributed by atoms with van der Waals surface area (Å²) in [5, 5.41) is 5.35. The van der Waals surface area contributed by atoms with Crippen LogP contribution in [0.3, 0.4) is 0 Å². The smallest absolute Gasteiger partial charge is 0.255 e. The van der Waals surface area contributed by atoms with Gasteiger partial charge in [-0.05, 0) is 42.8 Å². The molecule has 1 fully saturated rings. The van der Waals surface area contributed by atoms with Gasteiger partial charge >= 0.3 is 0 Å². The number of nitrogens with one attached hydrogen (secondary N) is 1. The average Bonchev–Trinajstić information content (AvgIpc) is 3.20. The number of thiophene rings is 1. The summed E-state index contributed by atoms with van der Waals surface area (Å²) >= 11 is 1.63. The van der Waals surface area contributed by atoms with Crippen LogP contribution in [0.5, 0.6) is 0 Å². The molecule has 0 bridgehead atoms. The van der Waals surface area contributed by atoms with Crippen LogP contribution in [0.4, 0.5) is 0 Å². The van der Waals surface area contributed by atoms with Gasteiger partial charge < -0.3 is 10.2 Å². The van der Waals surface area contributed by atoms with E-state index >= 15 is 0 Å². The summed E-state index contributed by atoms with van der Waals surface area (Å²) in [5.74, 6) is -0.0574. The van der Waals surface area contributed by atoms with Crippen LogP contribution in [0.15, 0.2) is 41.8 Å². The van der Waals surface area contributed by atoms with Gasteiger partial charge in [0.05, 0.1) is 6.54 Å². The third-order valence-electron chi connectivity index (χ3n) is 6.45. The molecule has 0 saturated heterocycles. The van der Waals surface area contributed by atoms with Gasteiger partial charge in [0.15, 0.2) is 0 Å². The Labute approximate surface area is 177 Å². The largest absolute Gasteiger partial charge is 0.351 e. The number of rotatable bonds is 4. The van der Waals surface area contributed by atoms with Crippen molar-refractivity contribution < 1.29 is 9.59 Å². The quantitative estimate of drug-likeness (QED) is 0.777. The second-order valence-corrected chi connectivity index (χ2v) is 9.63. The molecule has 1 aromatic heterocycles. The molecule has 2 amide bonds. The van der Waals surface area contributed by atoms with Crippen molar-refractivity contribution in [2.24, 2.45) is 0 Å². The Morgan fingerprint density at radius 2 is 1.83 bits per heavy atom. The van der Waals surface area contributed by atoms with Gasteiger partial charge in [0.1, 0.15) is 5.54 Å². The molecule has 1 atom stereocenters. The molecule has 154 valence electrons. The van der Waals surface area contributed by atoms with Gasteiger partial charge in [0.2, 0.25) is 5.91 Å². The van der Waals surface area contributed by atoms with Crippen LogP contribution >= 0.6 is 11.3 Å². The minimum Gasteiger partial charge on any atom is -0.351 e. The van der Waals surface area contributed by atoms with Crippen molar-refractivity contribution in [1.82, 2.24) is 10.2 Å². The average molecular weight is 411 g/mol. The molecule has 2 heterocycles. The molecule has 1 saturated carbocycles. The number of carbonyl (C=O) groups excluding carboxylic acids is 2. The topological polar surface area (TPSA) is 49.4 Å². The number of fused-ring (bicyclic) bond motifs is 1. The number of hydrogen-bond donors (Lipinski definition) is 1. The number of hydrogen-bond acceptors (Lipinski definition) is 3. The first-order chi connectivity index (χ1) is 14.1. The van der Waals surface area contributed by atoms with E-state index in [0.717, 1.165) is 28.8 Å². The monoisotopic (exact) mass is 410 g/mol. The number of amides is 2. The van der Waals surface area contributed by atoms with Gasteiger partial charge in [-0.25, -0.2) is 0 Å². The maximum absolute atomic E-state index is 13.6. The van der Waals surface area contributed by atoms with E-state index in [4.69, 9.17) is 0 Å². The molecule has 29 heavy (non-hydrogen) atoms. The number of nitrogens with zero attached hydrogens (tertiary/aromatic N) is 1. The first-order valence-electron chi connectivity index (χ1n) is 10.8. The fraction of sp³-hybridized carbons (Fsp3) is 0.500. The molecule has 1 aliphatic carbocycles. The molecule has 2 aromatic rings. The van der Waals surface area contributed by atoms with E-state index in [1.54, 1.807) is 16.2 Å². The second-order valence-electron chi connectivity index (χ2n) is 8.59. The Hall–Kier alpha value is -2.14. The Bertz CT molecular complexity index is 856. The zero-order valence-electron chi connectivity index (χ0n) is 17.2. The molecule has 4 rings (SSSR count). The zero-order valence-corrected chi connectivity index (χ0v) is 18.0. The molecule has 1 aromatic carbocycles. The normalized spacial score (nSPS) is 23.2. The maximum atomic E-state index is 13.6. The summed E-state index contributed by atoms with van der Waals surface area (Å²) in [6.07, 6.45) is 8.77. The van der Waals surface area contributed by atoms with E-state index in [-0.39, 0.29) is 17.9 Å². The molecule has 4 nitrogen and oxygen atoms in total. The Balaban J connectivity index is 1.61.